The fourth-order valence-corrected chi connectivity index (χ4v) is 4.14. The van der Waals surface area contributed by atoms with Crippen LogP contribution in [0, 0.1) is 5.41 Å². The number of rotatable bonds is 4. The molecule has 0 saturated carbocycles. The van der Waals surface area contributed by atoms with Gasteiger partial charge in [-0.15, -0.1) is 11.3 Å². The van der Waals surface area contributed by atoms with Crippen molar-refractivity contribution in [2.75, 3.05) is 11.9 Å². The number of carbonyl (C=O) groups excluding carboxylic acids is 1. The number of esters is 1. The van der Waals surface area contributed by atoms with Crippen LogP contribution in [0.5, 0.6) is 0 Å². The van der Waals surface area contributed by atoms with Gasteiger partial charge < -0.3 is 15.5 Å². The van der Waals surface area contributed by atoms with Crippen LogP contribution >= 0.6 is 11.3 Å². The van der Waals surface area contributed by atoms with E-state index in [1.807, 2.05) is 18.2 Å². The minimum absolute atomic E-state index is 0.325. The summed E-state index contributed by atoms with van der Waals surface area (Å²) in [5.74, 6) is -0.325. The monoisotopic (exact) mass is 351 g/mol. The van der Waals surface area contributed by atoms with Crippen LogP contribution in [0.1, 0.15) is 34.1 Å². The fraction of sp³-hybridized carbons (Fsp3) is 0.211. The van der Waals surface area contributed by atoms with Gasteiger partial charge in [0.2, 0.25) is 0 Å². The van der Waals surface area contributed by atoms with Gasteiger partial charge >= 0.3 is 5.97 Å². The Labute approximate surface area is 149 Å². The van der Waals surface area contributed by atoms with Gasteiger partial charge in [-0.2, -0.15) is 0 Å². The van der Waals surface area contributed by atoms with Gasteiger partial charge in [-0.25, -0.2) is 4.79 Å². The van der Waals surface area contributed by atoms with Crippen molar-refractivity contribution in [2.24, 2.45) is 0 Å². The molecule has 0 saturated heterocycles. The van der Waals surface area contributed by atoms with Crippen molar-refractivity contribution >= 4 is 44.5 Å². The molecule has 2 aromatic heterocycles. The summed E-state index contributed by atoms with van der Waals surface area (Å²) in [5, 5.41) is 12.2. The average Bonchev–Trinajstić information content (AvgIpc) is 3.17. The van der Waals surface area contributed by atoms with Crippen LogP contribution in [0.4, 0.5) is 11.4 Å². The Morgan fingerprint density at radius 1 is 1.36 bits per heavy atom. The molecule has 126 valence electrons. The number of nitrogens with zero attached hydrogens (tertiary/aromatic N) is 1. The molecule has 0 amide bonds. The average molecular weight is 351 g/mol. The van der Waals surface area contributed by atoms with Crippen molar-refractivity contribution in [1.29, 1.82) is 5.41 Å². The third-order valence-corrected chi connectivity index (χ3v) is 5.45. The van der Waals surface area contributed by atoms with Crippen LogP contribution < -0.4 is 5.32 Å². The quantitative estimate of drug-likeness (QED) is 0.677. The summed E-state index contributed by atoms with van der Waals surface area (Å²) in [5.41, 5.74) is 4.53. The molecule has 0 spiro atoms. The lowest BCUT2D eigenvalue weighted by molar-refractivity contribution is 0.0533. The van der Waals surface area contributed by atoms with Crippen LogP contribution in [-0.4, -0.2) is 23.3 Å². The van der Waals surface area contributed by atoms with Gasteiger partial charge in [-0.1, -0.05) is 6.07 Å². The number of carbonyl (C=O) groups is 1. The van der Waals surface area contributed by atoms with Crippen molar-refractivity contribution in [3.05, 3.63) is 52.7 Å². The summed E-state index contributed by atoms with van der Waals surface area (Å²) in [6, 6.07) is 7.89. The van der Waals surface area contributed by atoms with Crippen LogP contribution in [0.25, 0.3) is 10.1 Å². The molecule has 0 atom stereocenters. The molecule has 4 rings (SSSR count). The van der Waals surface area contributed by atoms with Gasteiger partial charge in [0, 0.05) is 33.9 Å². The first-order valence-electron chi connectivity index (χ1n) is 8.18. The second-order valence-electron chi connectivity index (χ2n) is 5.87. The zero-order valence-corrected chi connectivity index (χ0v) is 14.6. The van der Waals surface area contributed by atoms with E-state index in [9.17, 15) is 4.79 Å². The number of anilines is 2. The summed E-state index contributed by atoms with van der Waals surface area (Å²) < 4.78 is 6.20. The number of benzene rings is 1. The van der Waals surface area contributed by atoms with Gasteiger partial charge in [0.05, 0.1) is 12.3 Å². The van der Waals surface area contributed by atoms with E-state index in [1.165, 1.54) is 16.9 Å². The van der Waals surface area contributed by atoms with E-state index in [4.69, 9.17) is 10.1 Å². The standard InChI is InChI=1S/C19H17N3O2S/c1-2-24-19(23)18-17(14-10-21-8-7-16(14)25-18)22-12-4-5-13-11(9-12)3-6-15(13)20/h4-5,7-10,20,22H,2-3,6H2,1H3. The highest BCUT2D eigenvalue weighted by Crippen LogP contribution is 2.38. The molecule has 0 fully saturated rings. The van der Waals surface area contributed by atoms with E-state index >= 15 is 0 Å². The Balaban J connectivity index is 1.77. The first kappa shape index (κ1) is 15.8. The molecule has 2 heterocycles. The first-order valence-corrected chi connectivity index (χ1v) is 9.00. The maximum atomic E-state index is 12.4. The second-order valence-corrected chi connectivity index (χ2v) is 6.93. The van der Waals surface area contributed by atoms with Gasteiger partial charge in [0.1, 0.15) is 4.88 Å². The molecule has 0 aliphatic heterocycles. The SMILES string of the molecule is CCOC(=O)c1sc2ccncc2c1Nc1ccc2c(c1)CCC2=N. The highest BCUT2D eigenvalue weighted by Gasteiger charge is 2.21. The van der Waals surface area contributed by atoms with E-state index in [1.54, 1.807) is 19.3 Å². The van der Waals surface area contributed by atoms with Gasteiger partial charge in [0.25, 0.3) is 0 Å². The van der Waals surface area contributed by atoms with Crippen molar-refractivity contribution in [3.8, 4) is 0 Å². The molecule has 25 heavy (non-hydrogen) atoms. The zero-order chi connectivity index (χ0) is 17.4. The third-order valence-electron chi connectivity index (χ3n) is 4.29. The molecular formula is C19H17N3O2S. The van der Waals surface area contributed by atoms with Crippen molar-refractivity contribution < 1.29 is 9.53 Å². The number of aromatic nitrogens is 1. The number of pyridine rings is 1. The van der Waals surface area contributed by atoms with E-state index in [-0.39, 0.29) is 5.97 Å². The summed E-state index contributed by atoms with van der Waals surface area (Å²) in [6.07, 6.45) is 5.16. The number of ether oxygens (including phenoxy) is 1. The number of fused-ring (bicyclic) bond motifs is 2. The largest absolute Gasteiger partial charge is 0.462 e. The van der Waals surface area contributed by atoms with Crippen LogP contribution in [0.15, 0.2) is 36.7 Å². The summed E-state index contributed by atoms with van der Waals surface area (Å²) >= 11 is 1.41. The Hall–Kier alpha value is -2.73. The minimum Gasteiger partial charge on any atom is -0.462 e. The lowest BCUT2D eigenvalue weighted by Crippen LogP contribution is -2.05. The fourth-order valence-electron chi connectivity index (χ4n) is 3.12. The van der Waals surface area contributed by atoms with Crippen LogP contribution in [-0.2, 0) is 11.2 Å². The number of aryl methyl sites for hydroxylation is 1. The highest BCUT2D eigenvalue weighted by atomic mass is 32.1. The van der Waals surface area contributed by atoms with Gasteiger partial charge in [-0.05, 0) is 49.1 Å². The smallest absolute Gasteiger partial charge is 0.350 e. The number of hydrogen-bond donors (Lipinski definition) is 2. The lowest BCUT2D eigenvalue weighted by Gasteiger charge is -2.10. The second kappa shape index (κ2) is 6.29. The molecule has 0 bridgehead atoms. The number of hydrogen-bond acceptors (Lipinski definition) is 6. The van der Waals surface area contributed by atoms with E-state index in [0.29, 0.717) is 17.2 Å². The molecule has 1 aromatic carbocycles. The van der Waals surface area contributed by atoms with Crippen molar-refractivity contribution in [1.82, 2.24) is 4.98 Å². The minimum atomic E-state index is -0.325. The molecule has 6 heteroatoms. The van der Waals surface area contributed by atoms with E-state index in [0.717, 1.165) is 39.9 Å². The van der Waals surface area contributed by atoms with Crippen LogP contribution in [0.3, 0.4) is 0 Å². The molecule has 0 unspecified atom stereocenters. The van der Waals surface area contributed by atoms with Crippen LogP contribution in [0.2, 0.25) is 0 Å². The molecule has 2 N–H and O–H groups in total. The Kier molecular flexibility index (Phi) is 3.97. The Morgan fingerprint density at radius 3 is 3.08 bits per heavy atom. The maximum Gasteiger partial charge on any atom is 0.350 e. The highest BCUT2D eigenvalue weighted by molar-refractivity contribution is 7.21. The normalized spacial score (nSPS) is 13.1. The number of nitrogens with one attached hydrogen (secondary N) is 2. The molecule has 1 aliphatic carbocycles. The number of thiophene rings is 1. The predicted molar refractivity (Wildman–Crippen MR) is 100 cm³/mol. The van der Waals surface area contributed by atoms with Crippen molar-refractivity contribution in [2.45, 2.75) is 19.8 Å². The first-order chi connectivity index (χ1) is 12.2. The predicted octanol–water partition coefficient (Wildman–Crippen LogP) is 4.53. The maximum absolute atomic E-state index is 12.4. The van der Waals surface area contributed by atoms with Gasteiger partial charge in [0.15, 0.2) is 0 Å². The lowest BCUT2D eigenvalue weighted by atomic mass is 10.1. The molecule has 3 aromatic rings. The Bertz CT molecular complexity index is 993. The third kappa shape index (κ3) is 2.78. The van der Waals surface area contributed by atoms with E-state index in [2.05, 4.69) is 16.4 Å². The topological polar surface area (TPSA) is 75.1 Å². The summed E-state index contributed by atoms with van der Waals surface area (Å²) in [4.78, 5) is 17.1. The summed E-state index contributed by atoms with van der Waals surface area (Å²) in [6.45, 7) is 2.14. The van der Waals surface area contributed by atoms with Crippen molar-refractivity contribution in [3.63, 3.8) is 0 Å². The van der Waals surface area contributed by atoms with E-state index < -0.39 is 0 Å². The molecule has 5 nitrogen and oxygen atoms in total. The molecular weight excluding hydrogens is 334 g/mol. The zero-order valence-electron chi connectivity index (χ0n) is 13.8. The Morgan fingerprint density at radius 2 is 2.24 bits per heavy atom. The summed E-state index contributed by atoms with van der Waals surface area (Å²) in [7, 11) is 0. The van der Waals surface area contributed by atoms with Gasteiger partial charge in [-0.3, -0.25) is 4.98 Å². The molecule has 1 aliphatic rings. The molecule has 0 radical (unpaired) electrons.